The molecule has 138 valence electrons. The van der Waals surface area contributed by atoms with Crippen molar-refractivity contribution in [1.82, 2.24) is 5.32 Å². The van der Waals surface area contributed by atoms with E-state index in [1.54, 1.807) is 0 Å². The standard InChI is InChI=1S/C23H23NO3/c1-14(15-7-3-2-4-8-15)24-22(26)20-17-11-12-23(21(17)20)13-18(25)16-9-5-6-10-19(16)27-23/h2-10,14,17,20-21H,11-13H2,1H3,(H,24,26)/t14-,17+,20-,21-,23+/m0/s1. The summed E-state index contributed by atoms with van der Waals surface area (Å²) >= 11 is 0. The number of ether oxygens (including phenoxy) is 1. The second-order valence-corrected chi connectivity index (χ2v) is 8.16. The van der Waals surface area contributed by atoms with E-state index < -0.39 is 5.60 Å². The zero-order valence-electron chi connectivity index (χ0n) is 15.4. The van der Waals surface area contributed by atoms with Crippen molar-refractivity contribution in [2.24, 2.45) is 17.8 Å². The molecule has 1 amide bonds. The molecule has 2 aromatic rings. The van der Waals surface area contributed by atoms with Gasteiger partial charge in [0.15, 0.2) is 5.78 Å². The first-order valence-electron chi connectivity index (χ1n) is 9.76. The second-order valence-electron chi connectivity index (χ2n) is 8.16. The Balaban J connectivity index is 1.33. The fourth-order valence-corrected chi connectivity index (χ4v) is 5.25. The maximum absolute atomic E-state index is 12.9. The largest absolute Gasteiger partial charge is 0.486 e. The van der Waals surface area contributed by atoms with Crippen LogP contribution >= 0.6 is 0 Å². The van der Waals surface area contributed by atoms with Gasteiger partial charge in [-0.05, 0) is 43.4 Å². The lowest BCUT2D eigenvalue weighted by molar-refractivity contribution is -0.124. The maximum atomic E-state index is 12.9. The molecular weight excluding hydrogens is 338 g/mol. The molecule has 4 heteroatoms. The van der Waals surface area contributed by atoms with E-state index in [0.29, 0.717) is 23.7 Å². The Bertz CT molecular complexity index is 909. The first kappa shape index (κ1) is 16.5. The number of benzene rings is 2. The van der Waals surface area contributed by atoms with Crippen molar-refractivity contribution < 1.29 is 14.3 Å². The van der Waals surface area contributed by atoms with Crippen molar-refractivity contribution in [3.05, 3.63) is 65.7 Å². The smallest absolute Gasteiger partial charge is 0.224 e. The first-order chi connectivity index (χ1) is 13.1. The van der Waals surface area contributed by atoms with Crippen LogP contribution in [0.4, 0.5) is 0 Å². The fourth-order valence-electron chi connectivity index (χ4n) is 5.25. The Kier molecular flexibility index (Phi) is 3.64. The van der Waals surface area contributed by atoms with Crippen molar-refractivity contribution >= 4 is 11.7 Å². The number of hydrogen-bond donors (Lipinski definition) is 1. The highest BCUT2D eigenvalue weighted by molar-refractivity contribution is 6.00. The van der Waals surface area contributed by atoms with Crippen LogP contribution < -0.4 is 10.1 Å². The molecule has 2 aliphatic carbocycles. The molecule has 1 aliphatic heterocycles. The van der Waals surface area contributed by atoms with Gasteiger partial charge in [-0.2, -0.15) is 0 Å². The van der Waals surface area contributed by atoms with Gasteiger partial charge in [0.2, 0.25) is 5.91 Å². The van der Waals surface area contributed by atoms with Gasteiger partial charge in [0.1, 0.15) is 11.4 Å². The van der Waals surface area contributed by atoms with E-state index in [1.165, 1.54) is 0 Å². The van der Waals surface area contributed by atoms with Gasteiger partial charge >= 0.3 is 0 Å². The lowest BCUT2D eigenvalue weighted by atomic mass is 9.84. The highest BCUT2D eigenvalue weighted by atomic mass is 16.5. The minimum Gasteiger partial charge on any atom is -0.486 e. The Hall–Kier alpha value is -2.62. The molecule has 5 atom stereocenters. The molecule has 0 saturated heterocycles. The van der Waals surface area contributed by atoms with E-state index in [0.717, 1.165) is 18.4 Å². The molecule has 2 aromatic carbocycles. The number of rotatable bonds is 3. The predicted molar refractivity (Wildman–Crippen MR) is 101 cm³/mol. The Morgan fingerprint density at radius 1 is 1.15 bits per heavy atom. The fraction of sp³-hybridized carbons (Fsp3) is 0.391. The monoisotopic (exact) mass is 361 g/mol. The number of fused-ring (bicyclic) bond motifs is 3. The van der Waals surface area contributed by atoms with Crippen LogP contribution in [0, 0.1) is 17.8 Å². The van der Waals surface area contributed by atoms with Gasteiger partial charge in [-0.1, -0.05) is 42.5 Å². The van der Waals surface area contributed by atoms with Gasteiger partial charge in [-0.15, -0.1) is 0 Å². The van der Waals surface area contributed by atoms with Crippen LogP contribution in [0.3, 0.4) is 0 Å². The predicted octanol–water partition coefficient (Wildman–Crippen LogP) is 3.92. The van der Waals surface area contributed by atoms with Crippen LogP contribution in [0.15, 0.2) is 54.6 Å². The van der Waals surface area contributed by atoms with Crippen LogP contribution in [0.5, 0.6) is 5.75 Å². The van der Waals surface area contributed by atoms with E-state index in [4.69, 9.17) is 4.74 Å². The summed E-state index contributed by atoms with van der Waals surface area (Å²) in [7, 11) is 0. The number of Topliss-reactive ketones (excluding diaryl/α,β-unsaturated/α-hetero) is 1. The molecule has 1 spiro atoms. The van der Waals surface area contributed by atoms with Crippen LogP contribution in [-0.4, -0.2) is 17.3 Å². The third-order valence-electron chi connectivity index (χ3n) is 6.60. The quantitative estimate of drug-likeness (QED) is 0.901. The summed E-state index contributed by atoms with van der Waals surface area (Å²) in [6, 6.07) is 17.4. The maximum Gasteiger partial charge on any atom is 0.224 e. The molecule has 3 aliphatic rings. The summed E-state index contributed by atoms with van der Waals surface area (Å²) in [6.45, 7) is 2.01. The van der Waals surface area contributed by atoms with E-state index in [1.807, 2.05) is 61.5 Å². The third kappa shape index (κ3) is 2.58. The van der Waals surface area contributed by atoms with Gasteiger partial charge in [0, 0.05) is 11.8 Å². The van der Waals surface area contributed by atoms with Crippen molar-refractivity contribution in [3.63, 3.8) is 0 Å². The number of nitrogens with one attached hydrogen (secondary N) is 1. The highest BCUT2D eigenvalue weighted by Crippen LogP contribution is 2.65. The molecule has 0 radical (unpaired) electrons. The van der Waals surface area contributed by atoms with Gasteiger partial charge in [-0.3, -0.25) is 9.59 Å². The van der Waals surface area contributed by atoms with Crippen LogP contribution in [0.25, 0.3) is 0 Å². The van der Waals surface area contributed by atoms with E-state index in [2.05, 4.69) is 5.32 Å². The molecule has 1 heterocycles. The number of carbonyl (C=O) groups excluding carboxylic acids is 2. The molecule has 5 rings (SSSR count). The van der Waals surface area contributed by atoms with Crippen LogP contribution in [0.1, 0.15) is 48.1 Å². The Morgan fingerprint density at radius 2 is 1.89 bits per heavy atom. The first-order valence-corrected chi connectivity index (χ1v) is 9.76. The number of ketones is 1. The third-order valence-corrected chi connectivity index (χ3v) is 6.60. The molecule has 2 fully saturated rings. The normalized spacial score (nSPS) is 31.6. The van der Waals surface area contributed by atoms with E-state index in [9.17, 15) is 9.59 Å². The Labute approximate surface area is 158 Å². The van der Waals surface area contributed by atoms with Crippen molar-refractivity contribution in [2.45, 2.75) is 37.8 Å². The molecule has 1 N–H and O–H groups in total. The molecule has 0 unspecified atom stereocenters. The SMILES string of the molecule is C[C@H](NC(=O)[C@H]1[C@H]2CC[C@@]3(CC(=O)c4ccccc4O3)[C@@H]21)c1ccccc1. The average molecular weight is 361 g/mol. The van der Waals surface area contributed by atoms with Crippen LogP contribution in [-0.2, 0) is 4.79 Å². The van der Waals surface area contributed by atoms with Gasteiger partial charge in [-0.25, -0.2) is 0 Å². The van der Waals surface area contributed by atoms with Gasteiger partial charge in [0.05, 0.1) is 18.0 Å². The molecule has 0 bridgehead atoms. The average Bonchev–Trinajstić information content (AvgIpc) is 3.34. The van der Waals surface area contributed by atoms with Gasteiger partial charge < -0.3 is 10.1 Å². The van der Waals surface area contributed by atoms with Crippen LogP contribution in [0.2, 0.25) is 0 Å². The Morgan fingerprint density at radius 3 is 2.70 bits per heavy atom. The molecule has 0 aromatic heterocycles. The summed E-state index contributed by atoms with van der Waals surface area (Å²) in [5.74, 6) is 1.36. The summed E-state index contributed by atoms with van der Waals surface area (Å²) in [5, 5.41) is 3.16. The minimum atomic E-state index is -0.492. The summed E-state index contributed by atoms with van der Waals surface area (Å²) in [4.78, 5) is 25.6. The summed E-state index contributed by atoms with van der Waals surface area (Å²) in [5.41, 5.74) is 1.28. The number of carbonyl (C=O) groups is 2. The second kappa shape index (κ2) is 5.95. The lowest BCUT2D eigenvalue weighted by Gasteiger charge is -2.37. The van der Waals surface area contributed by atoms with Crippen molar-refractivity contribution in [3.8, 4) is 5.75 Å². The topological polar surface area (TPSA) is 55.4 Å². The number of amides is 1. The molecule has 27 heavy (non-hydrogen) atoms. The van der Waals surface area contributed by atoms with E-state index in [-0.39, 0.29) is 29.6 Å². The summed E-state index contributed by atoms with van der Waals surface area (Å²) in [6.07, 6.45) is 2.21. The molecule has 4 nitrogen and oxygen atoms in total. The van der Waals surface area contributed by atoms with Gasteiger partial charge in [0.25, 0.3) is 0 Å². The lowest BCUT2D eigenvalue weighted by Crippen LogP contribution is -2.44. The van der Waals surface area contributed by atoms with E-state index >= 15 is 0 Å². The zero-order chi connectivity index (χ0) is 18.6. The summed E-state index contributed by atoms with van der Waals surface area (Å²) < 4.78 is 6.37. The number of para-hydroxylation sites is 1. The minimum absolute atomic E-state index is 0.0226. The molecule has 2 saturated carbocycles. The molecular formula is C23H23NO3. The number of hydrogen-bond acceptors (Lipinski definition) is 3. The highest BCUT2D eigenvalue weighted by Gasteiger charge is 2.70. The van der Waals surface area contributed by atoms with Crippen molar-refractivity contribution in [1.29, 1.82) is 0 Å². The zero-order valence-corrected chi connectivity index (χ0v) is 15.4. The van der Waals surface area contributed by atoms with Crippen molar-refractivity contribution in [2.75, 3.05) is 0 Å².